The van der Waals surface area contributed by atoms with Crippen LogP contribution in [-0.4, -0.2) is 39.7 Å². The monoisotopic (exact) mass is 384 g/mol. The normalized spacial score (nSPS) is 17.0. The second-order valence-electron chi connectivity index (χ2n) is 6.52. The molecule has 2 aromatic heterocycles. The number of thiazole rings is 1. The molecule has 1 aliphatic heterocycles. The summed E-state index contributed by atoms with van der Waals surface area (Å²) >= 11 is 1.36. The second-order valence-corrected chi connectivity index (χ2v) is 7.55. The molecule has 2 amide bonds. The molecule has 1 unspecified atom stereocenters. The van der Waals surface area contributed by atoms with Crippen LogP contribution in [0.1, 0.15) is 36.3 Å². The zero-order valence-electron chi connectivity index (χ0n) is 14.9. The minimum atomic E-state index is -0.279. The third kappa shape index (κ3) is 3.99. The van der Waals surface area contributed by atoms with Gasteiger partial charge in [0.2, 0.25) is 5.91 Å². The van der Waals surface area contributed by atoms with Crippen molar-refractivity contribution in [3.63, 3.8) is 0 Å². The summed E-state index contributed by atoms with van der Waals surface area (Å²) in [6.07, 6.45) is 4.02. The van der Waals surface area contributed by atoms with E-state index in [2.05, 4.69) is 26.0 Å². The van der Waals surface area contributed by atoms with Gasteiger partial charge in [0, 0.05) is 25.4 Å². The summed E-state index contributed by atoms with van der Waals surface area (Å²) in [5.74, 6) is -0.408. The maximum atomic E-state index is 12.5. The highest BCUT2D eigenvalue weighted by Crippen LogP contribution is 2.28. The Balaban J connectivity index is 1.47. The molecule has 0 saturated carbocycles. The van der Waals surface area contributed by atoms with E-state index in [0.29, 0.717) is 16.5 Å². The first kappa shape index (κ1) is 17.6. The average Bonchev–Trinajstić information content (AvgIpc) is 3.28. The van der Waals surface area contributed by atoms with E-state index in [1.54, 1.807) is 12.1 Å². The van der Waals surface area contributed by atoms with Crippen molar-refractivity contribution in [2.75, 3.05) is 23.7 Å². The van der Waals surface area contributed by atoms with Gasteiger partial charge in [-0.15, -0.1) is 0 Å². The molecule has 9 heteroatoms. The van der Waals surface area contributed by atoms with E-state index in [0.717, 1.165) is 36.1 Å². The number of benzene rings is 1. The Morgan fingerprint density at radius 2 is 2.19 bits per heavy atom. The molecule has 3 heterocycles. The van der Waals surface area contributed by atoms with Crippen LogP contribution in [0.2, 0.25) is 0 Å². The van der Waals surface area contributed by atoms with E-state index in [1.165, 1.54) is 18.3 Å². The number of rotatable bonds is 4. The molecule has 1 aliphatic rings. The standard InChI is InChI=1S/C18H20N6O2S/c1-11(25)20-12-4-5-14-16(9-12)27-18(21-14)22-17(26)15-6-8-24(23-15)13-3-2-7-19-10-13/h4-6,8-9,13,19H,2-3,7,10H2,1H3,(H,20,25)(H,21,22,26). The Hall–Kier alpha value is -2.78. The quantitative estimate of drug-likeness (QED) is 0.642. The largest absolute Gasteiger partial charge is 0.326 e. The zero-order valence-corrected chi connectivity index (χ0v) is 15.7. The molecule has 0 bridgehead atoms. The Bertz CT molecular complexity index is 989. The molecule has 3 N–H and O–H groups in total. The number of fused-ring (bicyclic) bond motifs is 1. The lowest BCUT2D eigenvalue weighted by Crippen LogP contribution is -2.32. The molecular formula is C18H20N6O2S. The van der Waals surface area contributed by atoms with Gasteiger partial charge in [-0.3, -0.25) is 19.6 Å². The third-order valence-electron chi connectivity index (χ3n) is 4.42. The molecule has 0 aliphatic carbocycles. The summed E-state index contributed by atoms with van der Waals surface area (Å²) in [5.41, 5.74) is 1.85. The molecule has 1 fully saturated rings. The number of aromatic nitrogens is 3. The second kappa shape index (κ2) is 7.45. The third-order valence-corrected chi connectivity index (χ3v) is 5.35. The van der Waals surface area contributed by atoms with Crippen LogP contribution in [0, 0.1) is 0 Å². The van der Waals surface area contributed by atoms with Gasteiger partial charge in [-0.2, -0.15) is 5.10 Å². The molecular weight excluding hydrogens is 364 g/mol. The highest BCUT2D eigenvalue weighted by molar-refractivity contribution is 7.22. The predicted molar refractivity (Wildman–Crippen MR) is 105 cm³/mol. The van der Waals surface area contributed by atoms with Crippen molar-refractivity contribution < 1.29 is 9.59 Å². The fourth-order valence-electron chi connectivity index (χ4n) is 3.14. The highest BCUT2D eigenvalue weighted by atomic mass is 32.1. The van der Waals surface area contributed by atoms with Crippen LogP contribution in [0.4, 0.5) is 10.8 Å². The van der Waals surface area contributed by atoms with Crippen LogP contribution in [0.25, 0.3) is 10.2 Å². The molecule has 140 valence electrons. The maximum absolute atomic E-state index is 12.5. The van der Waals surface area contributed by atoms with E-state index >= 15 is 0 Å². The number of anilines is 2. The summed E-state index contributed by atoms with van der Waals surface area (Å²) < 4.78 is 2.74. The van der Waals surface area contributed by atoms with Gasteiger partial charge in [-0.1, -0.05) is 11.3 Å². The van der Waals surface area contributed by atoms with Gasteiger partial charge < -0.3 is 10.6 Å². The molecule has 8 nitrogen and oxygen atoms in total. The Morgan fingerprint density at radius 3 is 2.96 bits per heavy atom. The van der Waals surface area contributed by atoms with E-state index in [9.17, 15) is 9.59 Å². The highest BCUT2D eigenvalue weighted by Gasteiger charge is 2.18. The van der Waals surface area contributed by atoms with Gasteiger partial charge in [-0.05, 0) is 43.7 Å². The van der Waals surface area contributed by atoms with Crippen LogP contribution in [-0.2, 0) is 4.79 Å². The Kier molecular flexibility index (Phi) is 4.87. The lowest BCUT2D eigenvalue weighted by Gasteiger charge is -2.22. The van der Waals surface area contributed by atoms with Crippen molar-refractivity contribution in [2.45, 2.75) is 25.8 Å². The van der Waals surface area contributed by atoms with Gasteiger partial charge in [0.15, 0.2) is 10.8 Å². The predicted octanol–water partition coefficient (Wildman–Crippen LogP) is 2.63. The number of nitrogens with one attached hydrogen (secondary N) is 3. The minimum Gasteiger partial charge on any atom is -0.326 e. The number of amides is 2. The molecule has 27 heavy (non-hydrogen) atoms. The Morgan fingerprint density at radius 1 is 1.30 bits per heavy atom. The van der Waals surface area contributed by atoms with Gasteiger partial charge >= 0.3 is 0 Å². The van der Waals surface area contributed by atoms with Crippen molar-refractivity contribution in [3.8, 4) is 0 Å². The van der Waals surface area contributed by atoms with E-state index in [4.69, 9.17) is 0 Å². The first-order valence-electron chi connectivity index (χ1n) is 8.84. The average molecular weight is 384 g/mol. The van der Waals surface area contributed by atoms with Crippen LogP contribution >= 0.6 is 11.3 Å². The zero-order chi connectivity index (χ0) is 18.8. The SMILES string of the molecule is CC(=O)Nc1ccc2nc(NC(=O)c3ccn(C4CCCNC4)n3)sc2c1. The summed E-state index contributed by atoms with van der Waals surface area (Å²) in [6, 6.07) is 7.46. The molecule has 3 aromatic rings. The smallest absolute Gasteiger partial charge is 0.277 e. The number of hydrogen-bond acceptors (Lipinski definition) is 6. The van der Waals surface area contributed by atoms with Crippen molar-refractivity contribution in [1.82, 2.24) is 20.1 Å². The lowest BCUT2D eigenvalue weighted by molar-refractivity contribution is -0.114. The molecule has 4 rings (SSSR count). The fraction of sp³-hybridized carbons (Fsp3) is 0.333. The minimum absolute atomic E-state index is 0.129. The van der Waals surface area contributed by atoms with Gasteiger partial charge in [-0.25, -0.2) is 4.98 Å². The summed E-state index contributed by atoms with van der Waals surface area (Å²) in [7, 11) is 0. The first-order chi connectivity index (χ1) is 13.1. The van der Waals surface area contributed by atoms with Crippen molar-refractivity contribution in [3.05, 3.63) is 36.2 Å². The van der Waals surface area contributed by atoms with Gasteiger partial charge in [0.25, 0.3) is 5.91 Å². The van der Waals surface area contributed by atoms with Crippen molar-refractivity contribution in [2.24, 2.45) is 0 Å². The van der Waals surface area contributed by atoms with Crippen LogP contribution < -0.4 is 16.0 Å². The van der Waals surface area contributed by atoms with E-state index in [-0.39, 0.29) is 17.9 Å². The van der Waals surface area contributed by atoms with Crippen molar-refractivity contribution in [1.29, 1.82) is 0 Å². The molecule has 0 spiro atoms. The van der Waals surface area contributed by atoms with Crippen LogP contribution in [0.15, 0.2) is 30.5 Å². The number of carbonyl (C=O) groups excluding carboxylic acids is 2. The number of nitrogens with zero attached hydrogens (tertiary/aromatic N) is 3. The maximum Gasteiger partial charge on any atom is 0.277 e. The molecule has 1 saturated heterocycles. The Labute approximate surface area is 160 Å². The van der Waals surface area contributed by atoms with Crippen LogP contribution in [0.5, 0.6) is 0 Å². The summed E-state index contributed by atoms with van der Waals surface area (Å²) in [6.45, 7) is 3.37. The topological polar surface area (TPSA) is 101 Å². The van der Waals surface area contributed by atoms with Crippen molar-refractivity contribution >= 4 is 44.2 Å². The lowest BCUT2D eigenvalue weighted by atomic mass is 10.1. The molecule has 0 radical (unpaired) electrons. The number of piperidine rings is 1. The summed E-state index contributed by atoms with van der Waals surface area (Å²) in [5, 5.41) is 13.8. The van der Waals surface area contributed by atoms with E-state index in [1.807, 2.05) is 23.0 Å². The first-order valence-corrected chi connectivity index (χ1v) is 9.65. The van der Waals surface area contributed by atoms with E-state index < -0.39 is 0 Å². The number of hydrogen-bond donors (Lipinski definition) is 3. The van der Waals surface area contributed by atoms with Crippen LogP contribution in [0.3, 0.4) is 0 Å². The molecule has 1 aromatic carbocycles. The number of carbonyl (C=O) groups is 2. The van der Waals surface area contributed by atoms with Gasteiger partial charge in [0.05, 0.1) is 16.3 Å². The summed E-state index contributed by atoms with van der Waals surface area (Å²) in [4.78, 5) is 28.1. The van der Waals surface area contributed by atoms with Gasteiger partial charge in [0.1, 0.15) is 0 Å². The fourth-order valence-corrected chi connectivity index (χ4v) is 4.04. The molecule has 1 atom stereocenters.